The first kappa shape index (κ1) is 11.2. The van der Waals surface area contributed by atoms with E-state index in [9.17, 15) is 18.0 Å². The molecule has 1 aromatic rings. The maximum Gasteiger partial charge on any atom is 0.414 e. The van der Waals surface area contributed by atoms with E-state index in [2.05, 4.69) is 0 Å². The maximum atomic E-state index is 11.9. The van der Waals surface area contributed by atoms with Crippen molar-refractivity contribution in [2.75, 3.05) is 0 Å². The summed E-state index contributed by atoms with van der Waals surface area (Å²) in [5.41, 5.74) is 0. The topological polar surface area (TPSA) is 37.3 Å². The zero-order valence-electron chi connectivity index (χ0n) is 6.91. The summed E-state index contributed by atoms with van der Waals surface area (Å²) in [4.78, 5) is 11.3. The molecule has 2 nitrogen and oxygen atoms in total. The van der Waals surface area contributed by atoms with Gasteiger partial charge in [0.2, 0.25) is 0 Å². The van der Waals surface area contributed by atoms with E-state index in [4.69, 9.17) is 5.11 Å². The molecule has 1 heterocycles. The highest BCUT2D eigenvalue weighted by molar-refractivity contribution is 7.12. The van der Waals surface area contributed by atoms with Gasteiger partial charge in [-0.3, -0.25) is 4.79 Å². The average Bonchev–Trinajstić information content (AvgIpc) is 2.53. The number of halogens is 3. The average molecular weight is 224 g/mol. The van der Waals surface area contributed by atoms with Crippen LogP contribution in [0.2, 0.25) is 0 Å². The lowest BCUT2D eigenvalue weighted by Gasteiger charge is -2.12. The molecule has 0 aromatic carbocycles. The van der Waals surface area contributed by atoms with Crippen molar-refractivity contribution >= 4 is 17.1 Å². The lowest BCUT2D eigenvalue weighted by Crippen LogP contribution is -2.30. The molecule has 0 saturated heterocycles. The van der Waals surface area contributed by atoms with Crippen molar-refractivity contribution < 1.29 is 23.1 Å². The summed E-state index contributed by atoms with van der Waals surface area (Å²) in [6.45, 7) is 0. The van der Waals surface area contributed by atoms with Crippen LogP contribution >= 0.6 is 11.3 Å². The Bertz CT molecular complexity index is 305. The number of Topliss-reactive ketones (excluding diaryl/α,β-unsaturated/α-hetero) is 1. The summed E-state index contributed by atoms with van der Waals surface area (Å²) < 4.78 is 35.6. The van der Waals surface area contributed by atoms with Crippen molar-refractivity contribution in [1.29, 1.82) is 0 Å². The summed E-state index contributed by atoms with van der Waals surface area (Å²) in [5.74, 6) is -0.690. The second kappa shape index (κ2) is 4.10. The Balaban J connectivity index is 2.58. The molecule has 1 atom stereocenters. The fraction of sp³-hybridized carbons (Fsp3) is 0.375. The number of hydrogen-bond donors (Lipinski definition) is 1. The predicted molar refractivity (Wildman–Crippen MR) is 45.3 cm³/mol. The number of thiophene rings is 1. The molecule has 1 N–H and O–H groups in total. The number of ketones is 1. The van der Waals surface area contributed by atoms with Gasteiger partial charge < -0.3 is 5.11 Å². The summed E-state index contributed by atoms with van der Waals surface area (Å²) >= 11 is 1.06. The second-order valence-electron chi connectivity index (χ2n) is 2.66. The first-order valence-corrected chi connectivity index (χ1v) is 4.60. The van der Waals surface area contributed by atoms with Crippen LogP contribution < -0.4 is 0 Å². The van der Waals surface area contributed by atoms with Crippen molar-refractivity contribution in [3.8, 4) is 0 Å². The maximum absolute atomic E-state index is 11.9. The minimum Gasteiger partial charge on any atom is -0.383 e. The third-order valence-corrected chi connectivity index (χ3v) is 2.46. The molecule has 0 spiro atoms. The zero-order chi connectivity index (χ0) is 10.8. The molecule has 78 valence electrons. The normalized spacial score (nSPS) is 14.0. The predicted octanol–water partition coefficient (Wildman–Crippen LogP) is 2.24. The molecule has 1 rings (SSSR count). The van der Waals surface area contributed by atoms with Crippen LogP contribution in [-0.2, 0) is 0 Å². The van der Waals surface area contributed by atoms with E-state index < -0.39 is 24.5 Å². The van der Waals surface area contributed by atoms with Crippen LogP contribution in [0.1, 0.15) is 16.1 Å². The van der Waals surface area contributed by atoms with Crippen molar-refractivity contribution in [1.82, 2.24) is 0 Å². The van der Waals surface area contributed by atoms with E-state index in [1.807, 2.05) is 0 Å². The SMILES string of the molecule is O=C(C[C@H](O)C(F)(F)F)c1cccs1. The molecule has 0 aliphatic heterocycles. The Kier molecular flexibility index (Phi) is 3.28. The molecule has 0 radical (unpaired) electrons. The van der Waals surface area contributed by atoms with Gasteiger partial charge in [-0.1, -0.05) is 6.07 Å². The van der Waals surface area contributed by atoms with Gasteiger partial charge in [0.25, 0.3) is 0 Å². The Morgan fingerprint density at radius 2 is 2.21 bits per heavy atom. The van der Waals surface area contributed by atoms with Gasteiger partial charge in [0, 0.05) is 6.42 Å². The van der Waals surface area contributed by atoms with Gasteiger partial charge in [-0.05, 0) is 11.4 Å². The number of aliphatic hydroxyl groups is 1. The van der Waals surface area contributed by atoms with Crippen LogP contribution in [0.4, 0.5) is 13.2 Å². The number of hydrogen-bond acceptors (Lipinski definition) is 3. The van der Waals surface area contributed by atoms with Crippen LogP contribution in [0.25, 0.3) is 0 Å². The van der Waals surface area contributed by atoms with E-state index in [0.717, 1.165) is 11.3 Å². The van der Waals surface area contributed by atoms with Gasteiger partial charge in [0.15, 0.2) is 11.9 Å². The summed E-state index contributed by atoms with van der Waals surface area (Å²) in [5, 5.41) is 10.2. The Morgan fingerprint density at radius 1 is 1.57 bits per heavy atom. The Morgan fingerprint density at radius 3 is 2.64 bits per heavy atom. The monoisotopic (exact) mass is 224 g/mol. The van der Waals surface area contributed by atoms with Gasteiger partial charge in [-0.25, -0.2) is 0 Å². The molecule has 14 heavy (non-hydrogen) atoms. The van der Waals surface area contributed by atoms with Crippen molar-refractivity contribution in [2.45, 2.75) is 18.7 Å². The van der Waals surface area contributed by atoms with Crippen molar-refractivity contribution in [2.24, 2.45) is 0 Å². The summed E-state index contributed by atoms with van der Waals surface area (Å²) in [6.07, 6.45) is -8.21. The standard InChI is InChI=1S/C8H7F3O2S/c9-8(10,11)7(13)4-5(12)6-2-1-3-14-6/h1-3,7,13H,4H2/t7-/m0/s1. The number of carbonyl (C=O) groups is 1. The number of carbonyl (C=O) groups excluding carboxylic acids is 1. The van der Waals surface area contributed by atoms with Gasteiger partial charge in [-0.15, -0.1) is 11.3 Å². The largest absolute Gasteiger partial charge is 0.414 e. The highest BCUT2D eigenvalue weighted by Crippen LogP contribution is 2.24. The minimum atomic E-state index is -4.73. The highest BCUT2D eigenvalue weighted by atomic mass is 32.1. The van der Waals surface area contributed by atoms with Crippen LogP contribution in [0.3, 0.4) is 0 Å². The van der Waals surface area contributed by atoms with Crippen LogP contribution in [0.15, 0.2) is 17.5 Å². The van der Waals surface area contributed by atoms with Crippen LogP contribution in [0, 0.1) is 0 Å². The summed E-state index contributed by atoms with van der Waals surface area (Å²) in [6, 6.07) is 2.99. The smallest absolute Gasteiger partial charge is 0.383 e. The molecule has 0 aliphatic rings. The molecule has 0 unspecified atom stereocenters. The van der Waals surface area contributed by atoms with Gasteiger partial charge in [0.1, 0.15) is 0 Å². The van der Waals surface area contributed by atoms with Gasteiger partial charge in [-0.2, -0.15) is 13.2 Å². The third-order valence-electron chi connectivity index (χ3n) is 1.55. The number of aliphatic hydroxyl groups excluding tert-OH is 1. The van der Waals surface area contributed by atoms with Crippen molar-refractivity contribution in [3.63, 3.8) is 0 Å². The molecular formula is C8H7F3O2S. The molecule has 0 fully saturated rings. The van der Waals surface area contributed by atoms with Crippen LogP contribution in [-0.4, -0.2) is 23.2 Å². The first-order chi connectivity index (χ1) is 6.41. The molecule has 1 aromatic heterocycles. The second-order valence-corrected chi connectivity index (χ2v) is 3.61. The lowest BCUT2D eigenvalue weighted by atomic mass is 10.1. The molecule has 0 saturated carbocycles. The molecule has 6 heteroatoms. The zero-order valence-corrected chi connectivity index (χ0v) is 7.73. The van der Waals surface area contributed by atoms with E-state index in [1.165, 1.54) is 6.07 Å². The fourth-order valence-corrected chi connectivity index (χ4v) is 1.50. The summed E-state index contributed by atoms with van der Waals surface area (Å²) in [7, 11) is 0. The van der Waals surface area contributed by atoms with Gasteiger partial charge >= 0.3 is 6.18 Å². The Labute approximate surface area is 82.0 Å². The number of alkyl halides is 3. The van der Waals surface area contributed by atoms with E-state index >= 15 is 0 Å². The third kappa shape index (κ3) is 2.81. The molecule has 0 amide bonds. The lowest BCUT2D eigenvalue weighted by molar-refractivity contribution is -0.202. The first-order valence-electron chi connectivity index (χ1n) is 3.72. The van der Waals surface area contributed by atoms with E-state index in [0.29, 0.717) is 0 Å². The minimum absolute atomic E-state index is 0.230. The number of rotatable bonds is 3. The van der Waals surface area contributed by atoms with E-state index in [1.54, 1.807) is 11.4 Å². The highest BCUT2D eigenvalue weighted by Gasteiger charge is 2.39. The quantitative estimate of drug-likeness (QED) is 0.799. The van der Waals surface area contributed by atoms with Gasteiger partial charge in [0.05, 0.1) is 4.88 Å². The molecule has 0 aliphatic carbocycles. The molecule has 0 bridgehead atoms. The van der Waals surface area contributed by atoms with Crippen LogP contribution in [0.5, 0.6) is 0 Å². The Hall–Kier alpha value is -0.880. The fourth-order valence-electron chi connectivity index (χ4n) is 0.829. The van der Waals surface area contributed by atoms with Crippen molar-refractivity contribution in [3.05, 3.63) is 22.4 Å². The molecular weight excluding hydrogens is 217 g/mol. The van der Waals surface area contributed by atoms with E-state index in [-0.39, 0.29) is 4.88 Å².